The van der Waals surface area contributed by atoms with E-state index >= 15 is 0 Å². The Hall–Kier alpha value is -0.820. The summed E-state index contributed by atoms with van der Waals surface area (Å²) in [5.41, 5.74) is 3.91. The molecular weight excluding hydrogens is 240 g/mol. The summed E-state index contributed by atoms with van der Waals surface area (Å²) >= 11 is 3.39. The molecule has 1 unspecified atom stereocenters. The second-order valence-electron chi connectivity index (χ2n) is 2.90. The predicted octanol–water partition coefficient (Wildman–Crippen LogP) is 2.37. The first-order valence-electron chi connectivity index (χ1n) is 4.39. The van der Waals surface area contributed by atoms with E-state index in [2.05, 4.69) is 33.2 Å². The van der Waals surface area contributed by atoms with Gasteiger partial charge in [0.2, 0.25) is 0 Å². The fourth-order valence-corrected chi connectivity index (χ4v) is 1.44. The van der Waals surface area contributed by atoms with Crippen LogP contribution in [0.4, 0.5) is 0 Å². The molecule has 0 aromatic heterocycles. The number of nitrogens with two attached hydrogens (primary N) is 1. The van der Waals surface area contributed by atoms with Crippen molar-refractivity contribution in [1.29, 1.82) is 0 Å². The second kappa shape index (κ2) is 5.82. The summed E-state index contributed by atoms with van der Waals surface area (Å²) in [7, 11) is 0. The van der Waals surface area contributed by atoms with Crippen LogP contribution in [0.3, 0.4) is 0 Å². The lowest BCUT2D eigenvalue weighted by atomic mass is 10.1. The lowest BCUT2D eigenvalue weighted by molar-refractivity contribution is 0.568. The third-order valence-electron chi connectivity index (χ3n) is 1.96. The van der Waals surface area contributed by atoms with E-state index in [0.717, 1.165) is 16.5 Å². The molecule has 2 nitrogen and oxygen atoms in total. The maximum atomic E-state index is 5.45. The van der Waals surface area contributed by atoms with Gasteiger partial charge in [-0.25, -0.2) is 0 Å². The highest BCUT2D eigenvalue weighted by Crippen LogP contribution is 2.18. The normalized spacial score (nSPS) is 11.6. The molecule has 0 saturated heterocycles. The number of hydrazine groups is 1. The van der Waals surface area contributed by atoms with E-state index in [1.807, 2.05) is 31.2 Å². The lowest BCUT2D eigenvalue weighted by Crippen LogP contribution is -2.27. The molecule has 0 bridgehead atoms. The minimum atomic E-state index is 0.107. The van der Waals surface area contributed by atoms with Crippen LogP contribution in [-0.4, -0.2) is 0 Å². The van der Waals surface area contributed by atoms with Crippen molar-refractivity contribution in [1.82, 2.24) is 5.43 Å². The molecule has 1 rings (SSSR count). The summed E-state index contributed by atoms with van der Waals surface area (Å²) in [4.78, 5) is 0. The summed E-state index contributed by atoms with van der Waals surface area (Å²) in [6, 6.07) is 8.17. The molecule has 1 aromatic carbocycles. The van der Waals surface area contributed by atoms with Crippen LogP contribution < -0.4 is 11.3 Å². The molecular formula is C11H13BrN2. The van der Waals surface area contributed by atoms with Crippen LogP contribution in [0.25, 0.3) is 0 Å². The zero-order valence-electron chi connectivity index (χ0n) is 8.05. The second-order valence-corrected chi connectivity index (χ2v) is 3.82. The van der Waals surface area contributed by atoms with E-state index in [0.29, 0.717) is 0 Å². The van der Waals surface area contributed by atoms with E-state index in [-0.39, 0.29) is 6.04 Å². The van der Waals surface area contributed by atoms with Crippen LogP contribution in [0.2, 0.25) is 0 Å². The number of hydrogen-bond donors (Lipinski definition) is 2. The number of nitrogens with one attached hydrogen (secondary N) is 1. The van der Waals surface area contributed by atoms with Crippen molar-refractivity contribution >= 4 is 15.9 Å². The largest absolute Gasteiger partial charge is 0.271 e. The molecule has 0 aliphatic heterocycles. The Morgan fingerprint density at radius 1 is 1.43 bits per heavy atom. The van der Waals surface area contributed by atoms with Crippen LogP contribution in [0, 0.1) is 11.8 Å². The van der Waals surface area contributed by atoms with Crippen molar-refractivity contribution < 1.29 is 0 Å². The number of benzene rings is 1. The minimum Gasteiger partial charge on any atom is -0.271 e. The van der Waals surface area contributed by atoms with Crippen LogP contribution in [0.1, 0.15) is 24.9 Å². The minimum absolute atomic E-state index is 0.107. The quantitative estimate of drug-likeness (QED) is 0.493. The summed E-state index contributed by atoms with van der Waals surface area (Å²) in [5.74, 6) is 11.3. The molecule has 0 radical (unpaired) electrons. The highest BCUT2D eigenvalue weighted by molar-refractivity contribution is 9.10. The van der Waals surface area contributed by atoms with Crippen LogP contribution >= 0.6 is 15.9 Å². The van der Waals surface area contributed by atoms with Gasteiger partial charge in [-0.05, 0) is 24.6 Å². The highest BCUT2D eigenvalue weighted by Gasteiger charge is 2.06. The monoisotopic (exact) mass is 252 g/mol. The van der Waals surface area contributed by atoms with Crippen molar-refractivity contribution in [2.45, 2.75) is 19.4 Å². The number of hydrogen-bond acceptors (Lipinski definition) is 2. The summed E-state index contributed by atoms with van der Waals surface area (Å²) in [6.07, 6.45) is 0.731. The lowest BCUT2D eigenvalue weighted by Gasteiger charge is -2.12. The predicted molar refractivity (Wildman–Crippen MR) is 62.3 cm³/mol. The summed E-state index contributed by atoms with van der Waals surface area (Å²) in [5, 5.41) is 0. The molecule has 0 amide bonds. The van der Waals surface area contributed by atoms with Gasteiger partial charge in [-0.2, -0.15) is 0 Å². The van der Waals surface area contributed by atoms with E-state index in [9.17, 15) is 0 Å². The number of halogens is 1. The van der Waals surface area contributed by atoms with E-state index < -0.39 is 0 Å². The van der Waals surface area contributed by atoms with Gasteiger partial charge in [0.15, 0.2) is 0 Å². The molecule has 0 heterocycles. The van der Waals surface area contributed by atoms with Gasteiger partial charge in [0.25, 0.3) is 0 Å². The molecule has 14 heavy (non-hydrogen) atoms. The Balaban J connectivity index is 2.76. The van der Waals surface area contributed by atoms with Crippen LogP contribution in [-0.2, 0) is 0 Å². The number of rotatable bonds is 3. The van der Waals surface area contributed by atoms with Gasteiger partial charge in [0.05, 0.1) is 6.04 Å². The summed E-state index contributed by atoms with van der Waals surface area (Å²) < 4.78 is 1.07. The third kappa shape index (κ3) is 3.15. The molecule has 74 valence electrons. The Kier molecular flexibility index (Phi) is 4.68. The Morgan fingerprint density at radius 2 is 2.07 bits per heavy atom. The molecule has 0 saturated carbocycles. The molecule has 1 atom stereocenters. The van der Waals surface area contributed by atoms with Crippen LogP contribution in [0.5, 0.6) is 0 Å². The zero-order valence-corrected chi connectivity index (χ0v) is 9.64. The van der Waals surface area contributed by atoms with Gasteiger partial charge in [0, 0.05) is 10.9 Å². The Labute approximate surface area is 93.0 Å². The Morgan fingerprint density at radius 3 is 2.57 bits per heavy atom. The van der Waals surface area contributed by atoms with E-state index in [1.165, 1.54) is 0 Å². The first-order valence-corrected chi connectivity index (χ1v) is 5.18. The van der Waals surface area contributed by atoms with Gasteiger partial charge in [0.1, 0.15) is 0 Å². The molecule has 0 aliphatic carbocycles. The zero-order chi connectivity index (χ0) is 10.4. The van der Waals surface area contributed by atoms with Crippen molar-refractivity contribution in [3.63, 3.8) is 0 Å². The first kappa shape index (κ1) is 11.3. The van der Waals surface area contributed by atoms with Gasteiger partial charge < -0.3 is 0 Å². The van der Waals surface area contributed by atoms with Gasteiger partial charge >= 0.3 is 0 Å². The average molecular weight is 253 g/mol. The van der Waals surface area contributed by atoms with Gasteiger partial charge in [-0.3, -0.25) is 11.3 Å². The molecule has 0 spiro atoms. The molecule has 0 aliphatic rings. The van der Waals surface area contributed by atoms with E-state index in [4.69, 9.17) is 5.84 Å². The standard InChI is InChI=1S/C11H13BrN2/c1-2-3-4-11(14-13)9-5-7-10(12)8-6-9/h5-8,11,14H,4,13H2,1H3. The molecule has 3 N–H and O–H groups in total. The van der Waals surface area contributed by atoms with Crippen molar-refractivity contribution in [2.24, 2.45) is 5.84 Å². The first-order chi connectivity index (χ1) is 6.77. The maximum Gasteiger partial charge on any atom is 0.0569 e. The molecule has 3 heteroatoms. The topological polar surface area (TPSA) is 38.0 Å². The SMILES string of the molecule is CC#CCC(NN)c1ccc(Br)cc1. The average Bonchev–Trinajstić information content (AvgIpc) is 2.21. The highest BCUT2D eigenvalue weighted by atomic mass is 79.9. The molecule has 1 aromatic rings. The van der Waals surface area contributed by atoms with Gasteiger partial charge in [-0.15, -0.1) is 11.8 Å². The van der Waals surface area contributed by atoms with Crippen molar-refractivity contribution in [3.8, 4) is 11.8 Å². The van der Waals surface area contributed by atoms with Crippen LogP contribution in [0.15, 0.2) is 28.7 Å². The third-order valence-corrected chi connectivity index (χ3v) is 2.49. The van der Waals surface area contributed by atoms with Gasteiger partial charge in [-0.1, -0.05) is 28.1 Å². The summed E-state index contributed by atoms with van der Waals surface area (Å²) in [6.45, 7) is 1.83. The van der Waals surface area contributed by atoms with Crippen molar-refractivity contribution in [2.75, 3.05) is 0 Å². The smallest absolute Gasteiger partial charge is 0.0569 e. The van der Waals surface area contributed by atoms with Crippen molar-refractivity contribution in [3.05, 3.63) is 34.3 Å². The van der Waals surface area contributed by atoms with E-state index in [1.54, 1.807) is 0 Å². The fourth-order valence-electron chi connectivity index (χ4n) is 1.17. The fraction of sp³-hybridized carbons (Fsp3) is 0.273. The maximum absolute atomic E-state index is 5.45. The molecule has 0 fully saturated rings. The Bertz CT molecular complexity index is 335.